The highest BCUT2D eigenvalue weighted by Crippen LogP contribution is 2.43. The molecule has 0 spiro atoms. The van der Waals surface area contributed by atoms with Gasteiger partial charge in [0.05, 0.1) is 6.54 Å². The lowest BCUT2D eigenvalue weighted by atomic mass is 9.64. The molecule has 4 heteroatoms. The molecule has 0 atom stereocenters. The summed E-state index contributed by atoms with van der Waals surface area (Å²) in [6, 6.07) is 7.28. The van der Waals surface area contributed by atoms with Crippen LogP contribution in [0.5, 0.6) is 0 Å². The number of aliphatic imine (C=N–C) groups is 1. The lowest BCUT2D eigenvalue weighted by Crippen LogP contribution is -2.43. The summed E-state index contributed by atoms with van der Waals surface area (Å²) in [6.45, 7) is 7.87. The maximum Gasteiger partial charge on any atom is 0.191 e. The monoisotopic (exact) mass is 291 g/mol. The second kappa shape index (κ2) is 6.92. The third-order valence-electron chi connectivity index (χ3n) is 4.08. The Morgan fingerprint density at radius 2 is 1.95 bits per heavy atom. The van der Waals surface area contributed by atoms with Gasteiger partial charge in [-0.2, -0.15) is 0 Å². The van der Waals surface area contributed by atoms with Gasteiger partial charge in [-0.15, -0.1) is 0 Å². The van der Waals surface area contributed by atoms with E-state index in [1.54, 1.807) is 12.1 Å². The molecule has 3 nitrogen and oxygen atoms in total. The van der Waals surface area contributed by atoms with Crippen LogP contribution in [0.1, 0.15) is 45.6 Å². The summed E-state index contributed by atoms with van der Waals surface area (Å²) < 4.78 is 13.1. The highest BCUT2D eigenvalue weighted by Gasteiger charge is 2.38. The molecule has 1 aromatic carbocycles. The molecule has 0 bridgehead atoms. The van der Waals surface area contributed by atoms with Crippen molar-refractivity contribution < 1.29 is 4.39 Å². The molecule has 1 aromatic rings. The van der Waals surface area contributed by atoms with Gasteiger partial charge in [0.15, 0.2) is 5.96 Å². The highest BCUT2D eigenvalue weighted by molar-refractivity contribution is 5.80. The molecular weight excluding hydrogens is 265 g/mol. The predicted octanol–water partition coefficient (Wildman–Crippen LogP) is 3.21. The first-order valence-corrected chi connectivity index (χ1v) is 7.86. The summed E-state index contributed by atoms with van der Waals surface area (Å²) in [6.07, 6.45) is 3.48. The molecule has 2 rings (SSSR count). The fraction of sp³-hybridized carbons (Fsp3) is 0.588. The van der Waals surface area contributed by atoms with Crippen molar-refractivity contribution in [3.05, 3.63) is 35.6 Å². The van der Waals surface area contributed by atoms with E-state index >= 15 is 0 Å². The van der Waals surface area contributed by atoms with Crippen LogP contribution in [-0.2, 0) is 5.41 Å². The summed E-state index contributed by atoms with van der Waals surface area (Å²) in [5, 5.41) is 6.62. The zero-order chi connectivity index (χ0) is 15.3. The van der Waals surface area contributed by atoms with Gasteiger partial charge in [-0.1, -0.05) is 18.6 Å². The molecule has 0 saturated heterocycles. The van der Waals surface area contributed by atoms with Gasteiger partial charge < -0.3 is 10.6 Å². The minimum absolute atomic E-state index is 0.0903. The molecule has 1 aliphatic rings. The van der Waals surface area contributed by atoms with Crippen molar-refractivity contribution in [1.82, 2.24) is 10.6 Å². The van der Waals surface area contributed by atoms with Gasteiger partial charge in [0, 0.05) is 18.0 Å². The van der Waals surface area contributed by atoms with E-state index in [9.17, 15) is 4.39 Å². The minimum atomic E-state index is -0.175. The number of halogens is 1. The van der Waals surface area contributed by atoms with E-state index in [4.69, 9.17) is 4.99 Å². The Hall–Kier alpha value is -1.58. The van der Waals surface area contributed by atoms with Crippen LogP contribution in [0.15, 0.2) is 29.3 Å². The highest BCUT2D eigenvalue weighted by atomic mass is 19.1. The van der Waals surface area contributed by atoms with Crippen molar-refractivity contribution in [3.63, 3.8) is 0 Å². The van der Waals surface area contributed by atoms with Crippen LogP contribution < -0.4 is 10.6 Å². The Bertz CT molecular complexity index is 475. The number of nitrogens with one attached hydrogen (secondary N) is 2. The second-order valence-electron chi connectivity index (χ2n) is 6.13. The van der Waals surface area contributed by atoms with Crippen LogP contribution in [-0.4, -0.2) is 25.1 Å². The molecule has 0 aliphatic heterocycles. The molecule has 0 radical (unpaired) electrons. The second-order valence-corrected chi connectivity index (χ2v) is 6.13. The van der Waals surface area contributed by atoms with Crippen molar-refractivity contribution in [2.75, 3.05) is 13.1 Å². The summed E-state index contributed by atoms with van der Waals surface area (Å²) in [7, 11) is 0. The van der Waals surface area contributed by atoms with Crippen LogP contribution >= 0.6 is 0 Å². The topological polar surface area (TPSA) is 36.4 Å². The largest absolute Gasteiger partial charge is 0.357 e. The third-order valence-corrected chi connectivity index (χ3v) is 4.08. The standard InChI is InChI=1S/C17H26FN3/c1-4-19-16(21-13(2)3)20-12-17(10-5-11-17)14-6-8-15(18)9-7-14/h6-9,13H,4-5,10-12H2,1-3H3,(H2,19,20,21). The first kappa shape index (κ1) is 15.8. The van der Waals surface area contributed by atoms with E-state index in [1.165, 1.54) is 12.0 Å². The number of hydrogen-bond donors (Lipinski definition) is 2. The van der Waals surface area contributed by atoms with E-state index in [-0.39, 0.29) is 11.2 Å². The number of guanidine groups is 1. The predicted molar refractivity (Wildman–Crippen MR) is 86.2 cm³/mol. The molecule has 116 valence electrons. The van der Waals surface area contributed by atoms with E-state index in [2.05, 4.69) is 31.4 Å². The summed E-state index contributed by atoms with van der Waals surface area (Å²) in [4.78, 5) is 4.75. The van der Waals surface area contributed by atoms with Crippen molar-refractivity contribution in [2.45, 2.75) is 51.5 Å². The van der Waals surface area contributed by atoms with E-state index < -0.39 is 0 Å². The number of hydrogen-bond acceptors (Lipinski definition) is 1. The van der Waals surface area contributed by atoms with Crippen LogP contribution in [0.4, 0.5) is 4.39 Å². The van der Waals surface area contributed by atoms with Crippen molar-refractivity contribution in [3.8, 4) is 0 Å². The van der Waals surface area contributed by atoms with Gasteiger partial charge in [0.1, 0.15) is 5.82 Å². The Labute approximate surface area is 127 Å². The van der Waals surface area contributed by atoms with Gasteiger partial charge in [0.25, 0.3) is 0 Å². The van der Waals surface area contributed by atoms with Crippen LogP contribution in [0.2, 0.25) is 0 Å². The van der Waals surface area contributed by atoms with Crippen molar-refractivity contribution in [2.24, 2.45) is 4.99 Å². The Morgan fingerprint density at radius 1 is 1.29 bits per heavy atom. The van der Waals surface area contributed by atoms with E-state index in [1.807, 2.05) is 12.1 Å². The Balaban J connectivity index is 2.11. The van der Waals surface area contributed by atoms with Crippen molar-refractivity contribution >= 4 is 5.96 Å². The van der Waals surface area contributed by atoms with Gasteiger partial charge in [-0.25, -0.2) is 4.39 Å². The molecule has 0 heterocycles. The maximum absolute atomic E-state index is 13.1. The quantitative estimate of drug-likeness (QED) is 0.645. The molecule has 1 aliphatic carbocycles. The molecular formula is C17H26FN3. The molecule has 21 heavy (non-hydrogen) atoms. The molecule has 1 saturated carbocycles. The van der Waals surface area contributed by atoms with Crippen molar-refractivity contribution in [1.29, 1.82) is 0 Å². The van der Waals surface area contributed by atoms with Crippen LogP contribution in [0.25, 0.3) is 0 Å². The fourth-order valence-electron chi connectivity index (χ4n) is 2.77. The average Bonchev–Trinajstić information content (AvgIpc) is 2.39. The summed E-state index contributed by atoms with van der Waals surface area (Å²) in [5.74, 6) is 0.687. The molecule has 0 unspecified atom stereocenters. The number of nitrogens with zero attached hydrogens (tertiary/aromatic N) is 1. The van der Waals surface area contributed by atoms with E-state index in [0.717, 1.165) is 31.9 Å². The Kier molecular flexibility index (Phi) is 5.21. The third kappa shape index (κ3) is 3.96. The fourth-order valence-corrected chi connectivity index (χ4v) is 2.77. The normalized spacial score (nSPS) is 17.5. The summed E-state index contributed by atoms with van der Waals surface area (Å²) in [5.41, 5.74) is 1.30. The Morgan fingerprint density at radius 3 is 2.43 bits per heavy atom. The molecule has 0 amide bonds. The molecule has 0 aromatic heterocycles. The summed E-state index contributed by atoms with van der Waals surface area (Å²) >= 11 is 0. The first-order valence-electron chi connectivity index (χ1n) is 7.86. The van der Waals surface area contributed by atoms with Crippen LogP contribution in [0.3, 0.4) is 0 Å². The zero-order valence-electron chi connectivity index (χ0n) is 13.2. The smallest absolute Gasteiger partial charge is 0.191 e. The average molecular weight is 291 g/mol. The van der Waals surface area contributed by atoms with Gasteiger partial charge in [-0.05, 0) is 51.3 Å². The molecule has 1 fully saturated rings. The maximum atomic E-state index is 13.1. The first-order chi connectivity index (χ1) is 10.1. The number of rotatable bonds is 5. The van der Waals surface area contributed by atoms with Gasteiger partial charge >= 0.3 is 0 Å². The minimum Gasteiger partial charge on any atom is -0.357 e. The SMILES string of the molecule is CCNC(=NCC1(c2ccc(F)cc2)CCC1)NC(C)C. The van der Waals surface area contributed by atoms with Gasteiger partial charge in [0.2, 0.25) is 0 Å². The number of benzene rings is 1. The lowest BCUT2D eigenvalue weighted by molar-refractivity contribution is 0.253. The van der Waals surface area contributed by atoms with Gasteiger partial charge in [-0.3, -0.25) is 4.99 Å². The zero-order valence-corrected chi connectivity index (χ0v) is 13.2. The molecule has 2 N–H and O–H groups in total. The van der Waals surface area contributed by atoms with Crippen LogP contribution in [0, 0.1) is 5.82 Å². The van der Waals surface area contributed by atoms with E-state index in [0.29, 0.717) is 6.04 Å². The lowest BCUT2D eigenvalue weighted by Gasteiger charge is -2.41.